The number of nitrogens with one attached hydrogen (secondary N) is 1. The lowest BCUT2D eigenvalue weighted by Gasteiger charge is -2.15. The molecule has 0 unspecified atom stereocenters. The second kappa shape index (κ2) is 29.5. The Balaban J connectivity index is 0.000000186. The third-order valence-electron chi connectivity index (χ3n) is 12.2. The SMILES string of the molecule is C1CCNC1.Cn1c(-c2c(F)cc(O)cc2F)cnc1C=O.Cn1c(-c2c(F)cc(O)cc2F)cnc1CN1CCCC1.Cn1cncc1-c1c(F)cc(O)cc1F.O=Cc1c(F)cc(O)cc1F.[C-]#[N+]CS(=O)(=O)c1ccc(C)cc1. The molecule has 0 bridgehead atoms. The maximum atomic E-state index is 13.9. The lowest BCUT2D eigenvalue weighted by molar-refractivity contribution is 0.110. The average molecular weight is 1170 g/mol. The number of phenolic OH excluding ortho intramolecular Hbond substituents is 4. The monoisotopic (exact) mass is 1170 g/mol. The van der Waals surface area contributed by atoms with Crippen LogP contribution in [0.3, 0.4) is 0 Å². The van der Waals surface area contributed by atoms with E-state index in [1.807, 2.05) is 6.92 Å². The van der Waals surface area contributed by atoms with Gasteiger partial charge in [-0.15, -0.1) is 0 Å². The highest BCUT2D eigenvalue weighted by Gasteiger charge is 2.22. The van der Waals surface area contributed by atoms with E-state index in [9.17, 15) is 58.2 Å². The number of rotatable bonds is 9. The lowest BCUT2D eigenvalue weighted by atomic mass is 10.1. The predicted molar refractivity (Wildman–Crippen MR) is 286 cm³/mol. The van der Waals surface area contributed by atoms with E-state index < -0.39 is 90.8 Å². The molecule has 3 aromatic heterocycles. The number of carbonyl (C=O) groups is 2. The summed E-state index contributed by atoms with van der Waals surface area (Å²) < 4.78 is 134. The van der Waals surface area contributed by atoms with Crippen molar-refractivity contribution < 1.29 is 73.6 Å². The first-order valence-corrected chi connectivity index (χ1v) is 26.2. The van der Waals surface area contributed by atoms with Gasteiger partial charge in [0.1, 0.15) is 75.4 Å². The van der Waals surface area contributed by atoms with Crippen LogP contribution in [0, 0.1) is 60.0 Å². The molecule has 17 nitrogen and oxygen atoms in total. The number of benzene rings is 5. The van der Waals surface area contributed by atoms with Crippen molar-refractivity contribution in [1.82, 2.24) is 38.9 Å². The number of likely N-dealkylation sites (tertiary alicyclic amines) is 1. The zero-order chi connectivity index (χ0) is 60.4. The number of imidazole rings is 3. The minimum atomic E-state index is -3.38. The topological polar surface area (TPSA) is 222 Å². The Labute approximate surface area is 465 Å². The summed E-state index contributed by atoms with van der Waals surface area (Å²) in [5, 5.41) is 39.1. The summed E-state index contributed by atoms with van der Waals surface area (Å²) >= 11 is 0. The van der Waals surface area contributed by atoms with E-state index >= 15 is 0 Å². The number of aryl methyl sites for hydroxylation is 2. The van der Waals surface area contributed by atoms with Crippen LogP contribution in [0.1, 0.15) is 58.0 Å². The Hall–Kier alpha value is -8.93. The molecular formula is C56H55F8N9O8S. The summed E-state index contributed by atoms with van der Waals surface area (Å²) in [7, 11) is 1.47. The maximum Gasteiger partial charge on any atom is 0.316 e. The molecule has 5 N–H and O–H groups in total. The number of halogens is 8. The van der Waals surface area contributed by atoms with Crippen LogP contribution in [0.2, 0.25) is 0 Å². The van der Waals surface area contributed by atoms with Crippen molar-refractivity contribution in [3.63, 3.8) is 0 Å². The molecule has 82 heavy (non-hydrogen) atoms. The third kappa shape index (κ3) is 17.0. The molecule has 0 atom stereocenters. The molecule has 0 saturated carbocycles. The molecule has 26 heteroatoms. The first-order valence-electron chi connectivity index (χ1n) is 24.6. The fourth-order valence-corrected chi connectivity index (χ4v) is 8.83. The number of hydrogen-bond donors (Lipinski definition) is 5. The zero-order valence-electron chi connectivity index (χ0n) is 44.4. The molecular weight excluding hydrogens is 1110 g/mol. The molecule has 0 spiro atoms. The van der Waals surface area contributed by atoms with Crippen LogP contribution in [0.25, 0.3) is 38.6 Å². The Morgan fingerprint density at radius 2 is 1.02 bits per heavy atom. The van der Waals surface area contributed by atoms with Crippen LogP contribution in [0.5, 0.6) is 23.0 Å². The number of sulfone groups is 1. The zero-order valence-corrected chi connectivity index (χ0v) is 45.2. The molecule has 2 aliphatic heterocycles. The Morgan fingerprint density at radius 3 is 1.40 bits per heavy atom. The van der Waals surface area contributed by atoms with Crippen molar-refractivity contribution in [2.45, 2.75) is 44.0 Å². The normalized spacial score (nSPS) is 12.6. The van der Waals surface area contributed by atoms with Crippen molar-refractivity contribution in [3.8, 4) is 56.8 Å². The van der Waals surface area contributed by atoms with Crippen LogP contribution in [0.15, 0.2) is 103 Å². The van der Waals surface area contributed by atoms with E-state index in [4.69, 9.17) is 21.9 Å². The van der Waals surface area contributed by atoms with E-state index in [0.29, 0.717) is 36.4 Å². The number of phenols is 4. The molecule has 2 fully saturated rings. The molecule has 434 valence electrons. The summed E-state index contributed by atoms with van der Waals surface area (Å²) in [4.78, 5) is 37.7. The number of aromatic nitrogens is 6. The van der Waals surface area contributed by atoms with Crippen LogP contribution >= 0.6 is 0 Å². The summed E-state index contributed by atoms with van der Waals surface area (Å²) in [5.41, 5.74) is 0.491. The van der Waals surface area contributed by atoms with Gasteiger partial charge in [0.25, 0.3) is 9.84 Å². The van der Waals surface area contributed by atoms with E-state index in [1.165, 1.54) is 92.0 Å². The largest absolute Gasteiger partial charge is 0.508 e. The average Bonchev–Trinajstić information content (AvgIpc) is 4.44. The van der Waals surface area contributed by atoms with Gasteiger partial charge in [-0.2, -0.15) is 0 Å². The molecule has 0 aliphatic carbocycles. The van der Waals surface area contributed by atoms with Gasteiger partial charge in [0, 0.05) is 69.7 Å². The van der Waals surface area contributed by atoms with E-state index in [2.05, 4.69) is 30.0 Å². The Bertz CT molecular complexity index is 3550. The van der Waals surface area contributed by atoms with Crippen LogP contribution in [0.4, 0.5) is 35.1 Å². The van der Waals surface area contributed by atoms with Crippen molar-refractivity contribution in [1.29, 1.82) is 0 Å². The molecule has 2 saturated heterocycles. The van der Waals surface area contributed by atoms with Crippen molar-refractivity contribution in [2.24, 2.45) is 21.1 Å². The number of hydrogen-bond acceptors (Lipinski definition) is 13. The molecule has 2 aliphatic rings. The summed E-state index contributed by atoms with van der Waals surface area (Å²) in [6.45, 7) is 13.6. The highest BCUT2D eigenvalue weighted by Crippen LogP contribution is 2.32. The number of carbonyl (C=O) groups excluding carboxylic acids is 2. The van der Waals surface area contributed by atoms with E-state index in [-0.39, 0.29) is 39.4 Å². The minimum Gasteiger partial charge on any atom is -0.508 e. The highest BCUT2D eigenvalue weighted by atomic mass is 32.2. The Morgan fingerprint density at radius 1 is 0.598 bits per heavy atom. The van der Waals surface area contributed by atoms with Gasteiger partial charge in [0.2, 0.25) is 0 Å². The second-order valence-corrected chi connectivity index (χ2v) is 20.1. The molecule has 0 amide bonds. The van der Waals surface area contributed by atoms with Crippen LogP contribution < -0.4 is 5.32 Å². The first kappa shape index (κ1) is 63.9. The van der Waals surface area contributed by atoms with Gasteiger partial charge in [0.05, 0.1) is 75.7 Å². The summed E-state index contributed by atoms with van der Waals surface area (Å²) in [5.74, 6) is -8.67. The van der Waals surface area contributed by atoms with Gasteiger partial charge in [0.15, 0.2) is 18.4 Å². The smallest absolute Gasteiger partial charge is 0.316 e. The van der Waals surface area contributed by atoms with E-state index in [1.54, 1.807) is 30.8 Å². The number of aldehydes is 2. The van der Waals surface area contributed by atoms with Gasteiger partial charge in [-0.1, -0.05) is 17.7 Å². The molecule has 8 aromatic rings. The second-order valence-electron chi connectivity index (χ2n) is 18.1. The fraction of sp³-hybridized carbons (Fsp3) is 0.250. The van der Waals surface area contributed by atoms with Gasteiger partial charge < -0.3 is 39.4 Å². The quantitative estimate of drug-likeness (QED) is 0.0516. The van der Waals surface area contributed by atoms with Crippen molar-refractivity contribution in [2.75, 3.05) is 32.1 Å². The van der Waals surface area contributed by atoms with Crippen molar-refractivity contribution >= 4 is 22.4 Å². The minimum absolute atomic E-state index is 0.0596. The third-order valence-corrected chi connectivity index (χ3v) is 13.7. The summed E-state index contributed by atoms with van der Waals surface area (Å²) in [6.07, 6.45) is 11.2. The summed E-state index contributed by atoms with van der Waals surface area (Å²) in [6, 6.07) is 13.0. The predicted octanol–water partition coefficient (Wildman–Crippen LogP) is 10.1. The molecule has 0 radical (unpaired) electrons. The van der Waals surface area contributed by atoms with Crippen LogP contribution in [-0.4, -0.2) is 107 Å². The van der Waals surface area contributed by atoms with E-state index in [0.717, 1.165) is 60.9 Å². The molecule has 5 aromatic carbocycles. The van der Waals surface area contributed by atoms with Gasteiger partial charge in [-0.25, -0.2) is 65.1 Å². The van der Waals surface area contributed by atoms with Gasteiger partial charge >= 0.3 is 5.88 Å². The Kier molecular flexibility index (Phi) is 23.0. The van der Waals surface area contributed by atoms with Gasteiger partial charge in [-0.3, -0.25) is 19.3 Å². The number of nitrogens with zero attached hydrogens (tertiary/aromatic N) is 8. The number of aromatic hydroxyl groups is 4. The maximum absolute atomic E-state index is 13.9. The van der Waals surface area contributed by atoms with Crippen molar-refractivity contribution in [3.05, 3.63) is 178 Å². The lowest BCUT2D eigenvalue weighted by Crippen LogP contribution is -2.20. The molecule has 5 heterocycles. The standard InChI is InChI=1S/C15H17F2N3O.C11H8F2N2O2.C10H8F2N2O.C9H9NO2S.C7H4F2O2.C4H9N/c1-19-13(15-11(16)6-10(21)7-12(15)17)8-18-14(19)9-20-4-2-3-5-20;1-15-9(4-14-10(15)5-16)11-7(12)2-6(17)3-8(11)13;1-14-5-13-4-9(14)10-7(11)2-6(15)3-8(10)12;1-8-3-5-9(6-4-8)13(11,12)7-10-2;8-6-1-4(11)2-7(9)5(6)3-10;1-2-4-5-3-1/h6-8,21H,2-5,9H2,1H3;2-5,17H,1H3;2-5,15H,1H3;3-6H,7H2,1H3;1-3,11H;5H,1-4H2. The van der Waals surface area contributed by atoms with Gasteiger partial charge in [-0.05, 0) is 70.9 Å². The molecule has 10 rings (SSSR count). The highest BCUT2D eigenvalue weighted by molar-refractivity contribution is 7.91. The first-order chi connectivity index (χ1) is 38.9. The fourth-order valence-electron chi connectivity index (χ4n) is 7.96. The van der Waals surface area contributed by atoms with Crippen LogP contribution in [-0.2, 0) is 37.5 Å².